The lowest BCUT2D eigenvalue weighted by molar-refractivity contribution is 0.0528. The zero-order valence-corrected chi connectivity index (χ0v) is 9.60. The van der Waals surface area contributed by atoms with E-state index in [0.29, 0.717) is 23.5 Å². The number of fused-ring (bicyclic) bond motifs is 1. The molecule has 5 nitrogen and oxygen atoms in total. The zero-order valence-electron chi connectivity index (χ0n) is 9.60. The molecule has 0 amide bonds. The van der Waals surface area contributed by atoms with Gasteiger partial charge in [-0.3, -0.25) is 0 Å². The molecule has 17 heavy (non-hydrogen) atoms. The Bertz CT molecular complexity index is 622. The summed E-state index contributed by atoms with van der Waals surface area (Å²) in [7, 11) is 0. The number of terminal acetylenes is 1. The first-order valence-electron chi connectivity index (χ1n) is 5.16. The number of aryl methyl sites for hydroxylation is 1. The summed E-state index contributed by atoms with van der Waals surface area (Å²) in [5, 5.41) is 4.08. The van der Waals surface area contributed by atoms with Crippen molar-refractivity contribution in [3.63, 3.8) is 0 Å². The molecule has 0 spiro atoms. The molecule has 0 N–H and O–H groups in total. The van der Waals surface area contributed by atoms with Gasteiger partial charge in [-0.15, -0.1) is 6.42 Å². The molecule has 0 saturated heterocycles. The van der Waals surface area contributed by atoms with Crippen molar-refractivity contribution in [1.29, 1.82) is 0 Å². The van der Waals surface area contributed by atoms with Crippen LogP contribution < -0.4 is 0 Å². The molecule has 5 heteroatoms. The van der Waals surface area contributed by atoms with E-state index >= 15 is 0 Å². The highest BCUT2D eigenvalue weighted by molar-refractivity contribution is 5.95. The average molecular weight is 229 g/mol. The predicted molar refractivity (Wildman–Crippen MR) is 61.6 cm³/mol. The van der Waals surface area contributed by atoms with Gasteiger partial charge in [-0.1, -0.05) is 5.92 Å². The van der Waals surface area contributed by atoms with Crippen LogP contribution in [0.2, 0.25) is 0 Å². The standard InChI is InChI=1S/C12H11N3O2/c1-4-9-6-8(3)15-11(14-9)10(7-13-15)12(16)17-5-2/h1,6-7H,5H2,2-3H3. The summed E-state index contributed by atoms with van der Waals surface area (Å²) < 4.78 is 6.49. The Balaban J connectivity index is 2.63. The Hall–Kier alpha value is -2.35. The van der Waals surface area contributed by atoms with Gasteiger partial charge in [0.05, 0.1) is 12.8 Å². The van der Waals surface area contributed by atoms with Gasteiger partial charge >= 0.3 is 5.97 Å². The van der Waals surface area contributed by atoms with Gasteiger partial charge in [-0.2, -0.15) is 5.10 Å². The largest absolute Gasteiger partial charge is 0.462 e. The van der Waals surface area contributed by atoms with E-state index in [1.165, 1.54) is 6.20 Å². The predicted octanol–water partition coefficient (Wildman–Crippen LogP) is 1.20. The maximum absolute atomic E-state index is 11.7. The Kier molecular flexibility index (Phi) is 2.79. The second kappa shape index (κ2) is 4.26. The Morgan fingerprint density at radius 1 is 1.65 bits per heavy atom. The molecule has 0 bridgehead atoms. The molecule has 86 valence electrons. The smallest absolute Gasteiger partial charge is 0.343 e. The summed E-state index contributed by atoms with van der Waals surface area (Å²) in [4.78, 5) is 15.8. The molecule has 0 aliphatic heterocycles. The molecule has 0 radical (unpaired) electrons. The van der Waals surface area contributed by atoms with Crippen LogP contribution in [0.25, 0.3) is 5.65 Å². The normalized spacial score (nSPS) is 10.2. The van der Waals surface area contributed by atoms with Crippen LogP contribution in [0.15, 0.2) is 12.3 Å². The van der Waals surface area contributed by atoms with Gasteiger partial charge in [-0.05, 0) is 19.9 Å². The van der Waals surface area contributed by atoms with E-state index in [1.54, 1.807) is 17.5 Å². The maximum Gasteiger partial charge on any atom is 0.343 e. The molecule has 0 atom stereocenters. The number of hydrogen-bond acceptors (Lipinski definition) is 4. The third-order valence-electron chi connectivity index (χ3n) is 2.29. The second-order valence-electron chi connectivity index (χ2n) is 3.44. The van der Waals surface area contributed by atoms with Gasteiger partial charge < -0.3 is 4.74 Å². The average Bonchev–Trinajstić information content (AvgIpc) is 2.73. The van der Waals surface area contributed by atoms with Crippen LogP contribution in [0.4, 0.5) is 0 Å². The number of aromatic nitrogens is 3. The lowest BCUT2D eigenvalue weighted by atomic mass is 10.3. The Morgan fingerprint density at radius 3 is 3.06 bits per heavy atom. The summed E-state index contributed by atoms with van der Waals surface area (Å²) in [6, 6.07) is 1.73. The van der Waals surface area contributed by atoms with Gasteiger partial charge in [0.15, 0.2) is 5.65 Å². The van der Waals surface area contributed by atoms with E-state index < -0.39 is 5.97 Å². The molecular weight excluding hydrogens is 218 g/mol. The van der Waals surface area contributed by atoms with Gasteiger partial charge in [0.1, 0.15) is 11.3 Å². The van der Waals surface area contributed by atoms with Crippen molar-refractivity contribution in [2.45, 2.75) is 13.8 Å². The van der Waals surface area contributed by atoms with E-state index in [4.69, 9.17) is 11.2 Å². The SMILES string of the molecule is C#Cc1cc(C)n2ncc(C(=O)OCC)c2n1. The summed E-state index contributed by atoms with van der Waals surface area (Å²) >= 11 is 0. The summed E-state index contributed by atoms with van der Waals surface area (Å²) in [6.45, 7) is 3.90. The van der Waals surface area contributed by atoms with Crippen LogP contribution >= 0.6 is 0 Å². The molecule has 0 unspecified atom stereocenters. The highest BCUT2D eigenvalue weighted by atomic mass is 16.5. The van der Waals surface area contributed by atoms with Crippen LogP contribution in [0, 0.1) is 19.3 Å². The minimum absolute atomic E-state index is 0.310. The maximum atomic E-state index is 11.7. The molecular formula is C12H11N3O2. The lowest BCUT2D eigenvalue weighted by Crippen LogP contribution is -2.06. The molecule has 0 aromatic carbocycles. The van der Waals surface area contributed by atoms with Crippen molar-refractivity contribution in [2.75, 3.05) is 6.61 Å². The Morgan fingerprint density at radius 2 is 2.41 bits per heavy atom. The fourth-order valence-electron chi connectivity index (χ4n) is 1.54. The van der Waals surface area contributed by atoms with Crippen LogP contribution in [0.5, 0.6) is 0 Å². The number of carbonyl (C=O) groups excluding carboxylic acids is 1. The number of ether oxygens (including phenoxy) is 1. The minimum Gasteiger partial charge on any atom is -0.462 e. The molecule has 0 fully saturated rings. The van der Waals surface area contributed by atoms with Gasteiger partial charge in [0.2, 0.25) is 0 Å². The fourth-order valence-corrected chi connectivity index (χ4v) is 1.54. The highest BCUT2D eigenvalue weighted by Crippen LogP contribution is 2.12. The topological polar surface area (TPSA) is 56.5 Å². The first kappa shape index (κ1) is 11.1. The third kappa shape index (κ3) is 1.85. The van der Waals surface area contributed by atoms with Crippen molar-refractivity contribution < 1.29 is 9.53 Å². The third-order valence-corrected chi connectivity index (χ3v) is 2.29. The van der Waals surface area contributed by atoms with Crippen LogP contribution in [0.3, 0.4) is 0 Å². The van der Waals surface area contributed by atoms with Crippen LogP contribution in [-0.4, -0.2) is 27.2 Å². The molecule has 2 rings (SSSR count). The van der Waals surface area contributed by atoms with E-state index in [-0.39, 0.29) is 0 Å². The molecule has 0 saturated carbocycles. The van der Waals surface area contributed by atoms with E-state index in [0.717, 1.165) is 5.69 Å². The number of nitrogens with zero attached hydrogens (tertiary/aromatic N) is 3. The van der Waals surface area contributed by atoms with Crippen molar-refractivity contribution in [3.8, 4) is 12.3 Å². The van der Waals surface area contributed by atoms with Crippen molar-refractivity contribution in [3.05, 3.63) is 29.2 Å². The van der Waals surface area contributed by atoms with E-state index in [1.807, 2.05) is 6.92 Å². The fraction of sp³-hybridized carbons (Fsp3) is 0.250. The lowest BCUT2D eigenvalue weighted by Gasteiger charge is -2.01. The molecule has 0 aliphatic carbocycles. The second-order valence-corrected chi connectivity index (χ2v) is 3.44. The van der Waals surface area contributed by atoms with E-state index in [2.05, 4.69) is 16.0 Å². The monoisotopic (exact) mass is 229 g/mol. The van der Waals surface area contributed by atoms with Gasteiger partial charge in [0.25, 0.3) is 0 Å². The van der Waals surface area contributed by atoms with Crippen molar-refractivity contribution in [1.82, 2.24) is 14.6 Å². The van der Waals surface area contributed by atoms with Crippen LogP contribution in [0.1, 0.15) is 28.7 Å². The highest BCUT2D eigenvalue weighted by Gasteiger charge is 2.16. The first-order chi connectivity index (χ1) is 8.17. The quantitative estimate of drug-likeness (QED) is 0.573. The summed E-state index contributed by atoms with van der Waals surface area (Å²) in [6.07, 6.45) is 6.74. The summed E-state index contributed by atoms with van der Waals surface area (Å²) in [5.74, 6) is 2.00. The molecule has 2 aromatic heterocycles. The number of carbonyl (C=O) groups is 1. The van der Waals surface area contributed by atoms with Gasteiger partial charge in [0, 0.05) is 5.69 Å². The number of esters is 1. The minimum atomic E-state index is -0.441. The zero-order chi connectivity index (χ0) is 12.4. The number of hydrogen-bond donors (Lipinski definition) is 0. The van der Waals surface area contributed by atoms with E-state index in [9.17, 15) is 4.79 Å². The van der Waals surface area contributed by atoms with Gasteiger partial charge in [-0.25, -0.2) is 14.3 Å². The van der Waals surface area contributed by atoms with Crippen molar-refractivity contribution in [2.24, 2.45) is 0 Å². The molecule has 2 heterocycles. The molecule has 2 aromatic rings. The number of rotatable bonds is 2. The Labute approximate surface area is 98.4 Å². The first-order valence-corrected chi connectivity index (χ1v) is 5.16. The molecule has 0 aliphatic rings. The van der Waals surface area contributed by atoms with Crippen LogP contribution in [-0.2, 0) is 4.74 Å². The van der Waals surface area contributed by atoms with Crippen molar-refractivity contribution >= 4 is 11.6 Å². The summed E-state index contributed by atoms with van der Waals surface area (Å²) in [5.41, 5.74) is 2.04.